The molecule has 0 aliphatic carbocycles. The number of amides is 2. The van der Waals surface area contributed by atoms with Crippen LogP contribution >= 0.6 is 39.1 Å². The summed E-state index contributed by atoms with van der Waals surface area (Å²) >= 11 is 15.4. The molecule has 1 heterocycles. The summed E-state index contributed by atoms with van der Waals surface area (Å²) in [5.74, 6) is -2.89. The van der Waals surface area contributed by atoms with Crippen LogP contribution in [0.15, 0.2) is 57.9 Å². The number of aromatic nitrogens is 2. The van der Waals surface area contributed by atoms with Crippen molar-refractivity contribution in [3.05, 3.63) is 90.4 Å². The summed E-state index contributed by atoms with van der Waals surface area (Å²) in [6, 6.07) is 9.61. The molecule has 9 nitrogen and oxygen atoms in total. The van der Waals surface area contributed by atoms with E-state index in [1.807, 2.05) is 0 Å². The molecular formula is C21H15BrCl2N4O5. The second kappa shape index (κ2) is 10.6. The first-order chi connectivity index (χ1) is 15.7. The highest BCUT2D eigenvalue weighted by molar-refractivity contribution is 9.10. The zero-order valence-electron chi connectivity index (χ0n) is 16.6. The van der Waals surface area contributed by atoms with Crippen LogP contribution in [-0.4, -0.2) is 38.9 Å². The number of nitrogens with zero attached hydrogens (tertiary/aromatic N) is 1. The van der Waals surface area contributed by atoms with Crippen LogP contribution in [0, 0.1) is 0 Å². The van der Waals surface area contributed by atoms with Crippen molar-refractivity contribution >= 4 is 62.7 Å². The number of hydrogen-bond donors (Lipinski definition) is 4. The van der Waals surface area contributed by atoms with Gasteiger partial charge in [0.15, 0.2) is 0 Å². The van der Waals surface area contributed by atoms with E-state index in [0.717, 1.165) is 0 Å². The third-order valence-corrected chi connectivity index (χ3v) is 5.78. The van der Waals surface area contributed by atoms with Gasteiger partial charge < -0.3 is 20.7 Å². The molecule has 1 aromatic heterocycles. The molecule has 1 atom stereocenters. The maximum Gasteiger partial charge on any atom is 0.346 e. The zero-order chi connectivity index (χ0) is 24.1. The molecule has 0 saturated heterocycles. The standard InChI is InChI=1S/C21H15BrCl2N4O5/c22-12-5-2-1-4-11(12)18(29)26-15(20(31)32)8-10-9-25-21(33)28-17(10)27-19(30)16-13(23)6-3-7-14(16)24/h1-7,9,15H,8H2,(H,26,29)(H,31,32)(H2,25,27,28,30,33). The van der Waals surface area contributed by atoms with Crippen molar-refractivity contribution in [3.63, 3.8) is 0 Å². The number of H-pyrrole nitrogens is 1. The number of carboxylic acid groups (broad SMARTS) is 1. The molecule has 1 unspecified atom stereocenters. The van der Waals surface area contributed by atoms with Gasteiger partial charge in [-0.05, 0) is 40.2 Å². The van der Waals surface area contributed by atoms with Crippen molar-refractivity contribution in [1.82, 2.24) is 15.3 Å². The summed E-state index contributed by atoms with van der Waals surface area (Å²) in [5.41, 5.74) is -0.412. The van der Waals surface area contributed by atoms with Gasteiger partial charge in [0.1, 0.15) is 11.9 Å². The highest BCUT2D eigenvalue weighted by Crippen LogP contribution is 2.25. The van der Waals surface area contributed by atoms with Crippen LogP contribution in [0.5, 0.6) is 0 Å². The van der Waals surface area contributed by atoms with E-state index in [1.54, 1.807) is 24.3 Å². The highest BCUT2D eigenvalue weighted by atomic mass is 79.9. The van der Waals surface area contributed by atoms with Crippen molar-refractivity contribution < 1.29 is 19.5 Å². The van der Waals surface area contributed by atoms with E-state index in [2.05, 4.69) is 36.5 Å². The largest absolute Gasteiger partial charge is 0.480 e. The van der Waals surface area contributed by atoms with Crippen LogP contribution in [0.2, 0.25) is 10.0 Å². The van der Waals surface area contributed by atoms with Crippen LogP contribution in [0.4, 0.5) is 5.82 Å². The van der Waals surface area contributed by atoms with Crippen molar-refractivity contribution in [2.24, 2.45) is 0 Å². The number of rotatable bonds is 7. The smallest absolute Gasteiger partial charge is 0.346 e. The van der Waals surface area contributed by atoms with E-state index in [4.69, 9.17) is 23.2 Å². The van der Waals surface area contributed by atoms with Gasteiger partial charge in [0, 0.05) is 22.7 Å². The third-order valence-electron chi connectivity index (χ3n) is 4.46. The molecule has 3 rings (SSSR count). The first-order valence-electron chi connectivity index (χ1n) is 9.29. The second-order valence-corrected chi connectivity index (χ2v) is 8.35. The number of carbonyl (C=O) groups excluding carboxylic acids is 2. The van der Waals surface area contributed by atoms with Gasteiger partial charge in [-0.25, -0.2) is 9.59 Å². The number of carboxylic acids is 1. The van der Waals surface area contributed by atoms with Crippen molar-refractivity contribution in [2.45, 2.75) is 12.5 Å². The van der Waals surface area contributed by atoms with E-state index in [-0.39, 0.29) is 39.0 Å². The van der Waals surface area contributed by atoms with Gasteiger partial charge in [0.05, 0.1) is 21.2 Å². The zero-order valence-corrected chi connectivity index (χ0v) is 19.7. The summed E-state index contributed by atoms with van der Waals surface area (Å²) in [6.45, 7) is 0. The molecule has 2 amide bonds. The maximum atomic E-state index is 12.7. The van der Waals surface area contributed by atoms with Gasteiger partial charge in [0.2, 0.25) is 0 Å². The average molecular weight is 554 g/mol. The van der Waals surface area contributed by atoms with E-state index >= 15 is 0 Å². The molecule has 0 radical (unpaired) electrons. The number of aliphatic carboxylic acids is 1. The Morgan fingerprint density at radius 1 is 1.06 bits per heavy atom. The molecule has 0 aliphatic heterocycles. The molecule has 4 N–H and O–H groups in total. The predicted molar refractivity (Wildman–Crippen MR) is 126 cm³/mol. The summed E-state index contributed by atoms with van der Waals surface area (Å²) in [7, 11) is 0. The van der Waals surface area contributed by atoms with Crippen LogP contribution in [0.1, 0.15) is 26.3 Å². The third kappa shape index (κ3) is 5.98. The number of halogens is 3. The van der Waals surface area contributed by atoms with Gasteiger partial charge in [-0.3, -0.25) is 9.59 Å². The fourth-order valence-electron chi connectivity index (χ4n) is 2.87. The van der Waals surface area contributed by atoms with Crippen molar-refractivity contribution in [2.75, 3.05) is 5.32 Å². The van der Waals surface area contributed by atoms with Crippen LogP contribution in [0.3, 0.4) is 0 Å². The monoisotopic (exact) mass is 552 g/mol. The Hall–Kier alpha value is -3.21. The van der Waals surface area contributed by atoms with Crippen LogP contribution in [-0.2, 0) is 11.2 Å². The number of nitrogens with one attached hydrogen (secondary N) is 3. The Bertz CT molecular complexity index is 1280. The fourth-order valence-corrected chi connectivity index (χ4v) is 3.91. The van der Waals surface area contributed by atoms with Crippen LogP contribution < -0.4 is 16.3 Å². The van der Waals surface area contributed by atoms with Gasteiger partial charge in [-0.15, -0.1) is 0 Å². The average Bonchev–Trinajstić information content (AvgIpc) is 2.75. The molecule has 2 aromatic carbocycles. The highest BCUT2D eigenvalue weighted by Gasteiger charge is 2.25. The lowest BCUT2D eigenvalue weighted by molar-refractivity contribution is -0.139. The second-order valence-electron chi connectivity index (χ2n) is 6.68. The molecule has 0 spiro atoms. The summed E-state index contributed by atoms with van der Waals surface area (Å²) in [6.07, 6.45) is 0.918. The van der Waals surface area contributed by atoms with Gasteiger partial charge >= 0.3 is 11.7 Å². The van der Waals surface area contributed by atoms with E-state index in [1.165, 1.54) is 24.4 Å². The number of hydrogen-bond acceptors (Lipinski definition) is 5. The first-order valence-corrected chi connectivity index (χ1v) is 10.8. The summed E-state index contributed by atoms with van der Waals surface area (Å²) in [5, 5.41) is 14.7. The number of anilines is 1. The molecule has 0 fully saturated rings. The molecule has 0 saturated carbocycles. The van der Waals surface area contributed by atoms with Gasteiger partial charge in [-0.2, -0.15) is 4.98 Å². The van der Waals surface area contributed by atoms with Gasteiger partial charge in [0.25, 0.3) is 11.8 Å². The lowest BCUT2D eigenvalue weighted by Crippen LogP contribution is -2.42. The van der Waals surface area contributed by atoms with E-state index in [9.17, 15) is 24.3 Å². The van der Waals surface area contributed by atoms with Crippen molar-refractivity contribution in [3.8, 4) is 0 Å². The molecule has 12 heteroatoms. The Morgan fingerprint density at radius 3 is 2.36 bits per heavy atom. The number of carbonyl (C=O) groups is 3. The van der Waals surface area contributed by atoms with E-state index < -0.39 is 29.5 Å². The SMILES string of the molecule is O=C(NC(Cc1c[nH]c(=O)nc1NC(=O)c1c(Cl)cccc1Cl)C(=O)O)c1ccccc1Br. The Morgan fingerprint density at radius 2 is 1.73 bits per heavy atom. The van der Waals surface area contributed by atoms with Crippen molar-refractivity contribution in [1.29, 1.82) is 0 Å². The lowest BCUT2D eigenvalue weighted by Gasteiger charge is -2.17. The first kappa shape index (κ1) is 24.4. The van der Waals surface area contributed by atoms with Crippen LogP contribution in [0.25, 0.3) is 0 Å². The quantitative estimate of drug-likeness (QED) is 0.353. The normalized spacial score (nSPS) is 11.5. The predicted octanol–water partition coefficient (Wildman–Crippen LogP) is 3.52. The molecule has 0 bridgehead atoms. The summed E-state index contributed by atoms with van der Waals surface area (Å²) in [4.78, 5) is 54.9. The number of benzene rings is 2. The fraction of sp³-hybridized carbons (Fsp3) is 0.0952. The molecule has 170 valence electrons. The lowest BCUT2D eigenvalue weighted by atomic mass is 10.1. The molecule has 33 heavy (non-hydrogen) atoms. The van der Waals surface area contributed by atoms with E-state index in [0.29, 0.717) is 4.47 Å². The Labute approximate surface area is 205 Å². The topological polar surface area (TPSA) is 141 Å². The minimum Gasteiger partial charge on any atom is -0.480 e. The molecule has 0 aliphatic rings. The minimum atomic E-state index is -1.39. The van der Waals surface area contributed by atoms with Gasteiger partial charge in [-0.1, -0.05) is 41.4 Å². The maximum absolute atomic E-state index is 12.7. The Balaban J connectivity index is 1.87. The minimum absolute atomic E-state index is 0.0362. The number of aromatic amines is 1. The Kier molecular flexibility index (Phi) is 7.85. The summed E-state index contributed by atoms with van der Waals surface area (Å²) < 4.78 is 0.488. The molecule has 3 aromatic rings. The molecular weight excluding hydrogens is 539 g/mol.